The van der Waals surface area contributed by atoms with E-state index in [4.69, 9.17) is 14.2 Å². The van der Waals surface area contributed by atoms with Crippen molar-refractivity contribution in [2.75, 3.05) is 19.0 Å². The van der Waals surface area contributed by atoms with Crippen molar-refractivity contribution in [1.29, 1.82) is 0 Å². The van der Waals surface area contributed by atoms with Gasteiger partial charge in [-0.05, 0) is 97.3 Å². The molecular formula is C28H30N2O4. The van der Waals surface area contributed by atoms with Crippen LogP contribution in [0.25, 0.3) is 11.6 Å². The van der Waals surface area contributed by atoms with E-state index in [0.717, 1.165) is 46.6 Å². The first-order chi connectivity index (χ1) is 16.7. The average molecular weight is 459 g/mol. The SMILES string of the molecule is CCOC(=O)Nc1ccc(C=C(c2ccncc2)c2ccc(OC)c(OC3CCCC3)c2)cc1. The molecule has 176 valence electrons. The fraction of sp³-hybridized carbons (Fsp3) is 0.286. The zero-order valence-electron chi connectivity index (χ0n) is 19.6. The predicted octanol–water partition coefficient (Wildman–Crippen LogP) is 6.57. The number of anilines is 1. The topological polar surface area (TPSA) is 69.7 Å². The lowest BCUT2D eigenvalue weighted by Crippen LogP contribution is -2.13. The van der Waals surface area contributed by atoms with Gasteiger partial charge in [-0.2, -0.15) is 0 Å². The number of methoxy groups -OCH3 is 1. The summed E-state index contributed by atoms with van der Waals surface area (Å²) in [6.07, 6.45) is 10.0. The molecule has 1 amide bonds. The number of carbonyl (C=O) groups is 1. The summed E-state index contributed by atoms with van der Waals surface area (Å²) >= 11 is 0. The fourth-order valence-electron chi connectivity index (χ4n) is 4.10. The average Bonchev–Trinajstić information content (AvgIpc) is 3.37. The van der Waals surface area contributed by atoms with Gasteiger partial charge >= 0.3 is 6.09 Å². The van der Waals surface area contributed by atoms with Gasteiger partial charge in [-0.25, -0.2) is 4.79 Å². The first kappa shape index (κ1) is 23.4. The Balaban J connectivity index is 1.67. The monoisotopic (exact) mass is 458 g/mol. The molecule has 0 bridgehead atoms. The maximum absolute atomic E-state index is 11.7. The molecule has 2 aromatic carbocycles. The number of ether oxygens (including phenoxy) is 3. The molecule has 0 unspecified atom stereocenters. The van der Waals surface area contributed by atoms with E-state index in [1.165, 1.54) is 12.8 Å². The van der Waals surface area contributed by atoms with E-state index in [2.05, 4.69) is 22.4 Å². The van der Waals surface area contributed by atoms with Crippen molar-refractivity contribution < 1.29 is 19.0 Å². The number of rotatable bonds is 8. The number of carbonyl (C=O) groups excluding carboxylic acids is 1. The third-order valence-electron chi connectivity index (χ3n) is 5.81. The number of hydrogen-bond acceptors (Lipinski definition) is 5. The van der Waals surface area contributed by atoms with Crippen LogP contribution in [0.15, 0.2) is 67.0 Å². The number of nitrogens with zero attached hydrogens (tertiary/aromatic N) is 1. The van der Waals surface area contributed by atoms with Crippen LogP contribution < -0.4 is 14.8 Å². The minimum absolute atomic E-state index is 0.233. The van der Waals surface area contributed by atoms with E-state index in [1.54, 1.807) is 26.4 Å². The highest BCUT2D eigenvalue weighted by atomic mass is 16.5. The summed E-state index contributed by atoms with van der Waals surface area (Å²) in [5.41, 5.74) is 4.77. The Kier molecular flexibility index (Phi) is 7.81. The molecule has 1 N–H and O–H groups in total. The number of amides is 1. The van der Waals surface area contributed by atoms with Crippen molar-refractivity contribution in [3.8, 4) is 11.5 Å². The zero-order chi connectivity index (χ0) is 23.8. The lowest BCUT2D eigenvalue weighted by atomic mass is 9.96. The first-order valence-corrected chi connectivity index (χ1v) is 11.7. The molecule has 1 heterocycles. The van der Waals surface area contributed by atoms with Gasteiger partial charge in [0.1, 0.15) is 0 Å². The van der Waals surface area contributed by atoms with Gasteiger partial charge in [0.15, 0.2) is 11.5 Å². The van der Waals surface area contributed by atoms with Gasteiger partial charge in [0, 0.05) is 18.1 Å². The summed E-state index contributed by atoms with van der Waals surface area (Å²) in [5.74, 6) is 1.50. The molecule has 6 heteroatoms. The number of benzene rings is 2. The van der Waals surface area contributed by atoms with Crippen LogP contribution >= 0.6 is 0 Å². The lowest BCUT2D eigenvalue weighted by molar-refractivity contribution is 0.168. The summed E-state index contributed by atoms with van der Waals surface area (Å²) in [5, 5.41) is 2.72. The number of hydrogen-bond donors (Lipinski definition) is 1. The lowest BCUT2D eigenvalue weighted by Gasteiger charge is -2.18. The molecule has 0 saturated heterocycles. The molecule has 1 fully saturated rings. The van der Waals surface area contributed by atoms with Crippen molar-refractivity contribution in [3.63, 3.8) is 0 Å². The summed E-state index contributed by atoms with van der Waals surface area (Å²) in [4.78, 5) is 15.9. The van der Waals surface area contributed by atoms with Crippen LogP contribution in [-0.2, 0) is 4.74 Å². The molecule has 1 aromatic heterocycles. The summed E-state index contributed by atoms with van der Waals surface area (Å²) in [7, 11) is 1.67. The Hall–Kier alpha value is -3.80. The molecule has 1 saturated carbocycles. The third-order valence-corrected chi connectivity index (χ3v) is 5.81. The molecule has 0 atom stereocenters. The van der Waals surface area contributed by atoms with Gasteiger partial charge in [-0.3, -0.25) is 10.3 Å². The van der Waals surface area contributed by atoms with Crippen molar-refractivity contribution in [2.24, 2.45) is 0 Å². The summed E-state index contributed by atoms with van der Waals surface area (Å²) < 4.78 is 16.9. The van der Waals surface area contributed by atoms with E-state index in [0.29, 0.717) is 12.3 Å². The second-order valence-corrected chi connectivity index (χ2v) is 8.15. The van der Waals surface area contributed by atoms with Crippen molar-refractivity contribution >= 4 is 23.4 Å². The Bertz CT molecular complexity index is 1120. The maximum Gasteiger partial charge on any atom is 0.411 e. The molecule has 0 spiro atoms. The van der Waals surface area contributed by atoms with Crippen molar-refractivity contribution in [2.45, 2.75) is 38.7 Å². The van der Waals surface area contributed by atoms with Crippen molar-refractivity contribution in [3.05, 3.63) is 83.7 Å². The Morgan fingerprint density at radius 1 is 1.00 bits per heavy atom. The van der Waals surface area contributed by atoms with E-state index in [-0.39, 0.29) is 6.10 Å². The largest absolute Gasteiger partial charge is 0.493 e. The molecule has 4 rings (SSSR count). The van der Waals surface area contributed by atoms with Crippen LogP contribution in [0.1, 0.15) is 49.3 Å². The van der Waals surface area contributed by atoms with E-state index >= 15 is 0 Å². The quantitative estimate of drug-likeness (QED) is 0.387. The molecular weight excluding hydrogens is 428 g/mol. The van der Waals surface area contributed by atoms with Crippen LogP contribution in [0.4, 0.5) is 10.5 Å². The number of pyridine rings is 1. The molecule has 6 nitrogen and oxygen atoms in total. The second-order valence-electron chi connectivity index (χ2n) is 8.15. The minimum Gasteiger partial charge on any atom is -0.493 e. The van der Waals surface area contributed by atoms with E-state index < -0.39 is 6.09 Å². The second kappa shape index (κ2) is 11.4. The van der Waals surface area contributed by atoms with Gasteiger partial charge in [0.2, 0.25) is 0 Å². The summed E-state index contributed by atoms with van der Waals surface area (Å²) in [6, 6.07) is 17.7. The predicted molar refractivity (Wildman–Crippen MR) is 134 cm³/mol. The zero-order valence-corrected chi connectivity index (χ0v) is 19.6. The minimum atomic E-state index is -0.462. The van der Waals surface area contributed by atoms with Crippen LogP contribution in [0.2, 0.25) is 0 Å². The normalized spacial score (nSPS) is 14.0. The summed E-state index contributed by atoms with van der Waals surface area (Å²) in [6.45, 7) is 2.10. The fourth-order valence-corrected chi connectivity index (χ4v) is 4.10. The van der Waals surface area contributed by atoms with E-state index in [9.17, 15) is 4.79 Å². The highest BCUT2D eigenvalue weighted by Gasteiger charge is 2.19. The van der Waals surface area contributed by atoms with E-state index in [1.807, 2.05) is 48.5 Å². The smallest absolute Gasteiger partial charge is 0.411 e. The van der Waals surface area contributed by atoms with Crippen molar-refractivity contribution in [1.82, 2.24) is 4.98 Å². The molecule has 0 aliphatic heterocycles. The van der Waals surface area contributed by atoms with Gasteiger partial charge in [-0.15, -0.1) is 0 Å². The first-order valence-electron chi connectivity index (χ1n) is 11.7. The van der Waals surface area contributed by atoms with Gasteiger partial charge in [0.25, 0.3) is 0 Å². The Labute approximate surface area is 200 Å². The van der Waals surface area contributed by atoms with Crippen LogP contribution in [0, 0.1) is 0 Å². The Morgan fingerprint density at radius 2 is 1.74 bits per heavy atom. The standard InChI is InChI=1S/C28H30N2O4/c1-3-33-28(31)30-23-11-8-20(9-12-23)18-25(21-14-16-29-17-15-21)22-10-13-26(32-2)27(19-22)34-24-6-4-5-7-24/h8-19,24H,3-7H2,1-2H3,(H,30,31). The number of aromatic nitrogens is 1. The van der Waals surface area contributed by atoms with Gasteiger partial charge in [-0.1, -0.05) is 18.2 Å². The molecule has 3 aromatic rings. The van der Waals surface area contributed by atoms with Gasteiger partial charge in [0.05, 0.1) is 19.8 Å². The Morgan fingerprint density at radius 3 is 2.41 bits per heavy atom. The maximum atomic E-state index is 11.7. The molecule has 1 aliphatic rings. The van der Waals surface area contributed by atoms with Gasteiger partial charge < -0.3 is 14.2 Å². The highest BCUT2D eigenvalue weighted by molar-refractivity contribution is 5.92. The van der Waals surface area contributed by atoms with Crippen LogP contribution in [0.5, 0.6) is 11.5 Å². The highest BCUT2D eigenvalue weighted by Crippen LogP contribution is 2.36. The number of nitrogens with one attached hydrogen (secondary N) is 1. The molecule has 34 heavy (non-hydrogen) atoms. The molecule has 1 aliphatic carbocycles. The van der Waals surface area contributed by atoms with Crippen LogP contribution in [-0.4, -0.2) is 30.9 Å². The third kappa shape index (κ3) is 5.95. The van der Waals surface area contributed by atoms with Crippen LogP contribution in [0.3, 0.4) is 0 Å². The molecule has 0 radical (unpaired) electrons.